The van der Waals surface area contributed by atoms with Gasteiger partial charge in [0.2, 0.25) is 0 Å². The molecule has 18 heavy (non-hydrogen) atoms. The monoisotopic (exact) mass is 252 g/mol. The predicted molar refractivity (Wildman–Crippen MR) is 69.4 cm³/mol. The van der Waals surface area contributed by atoms with E-state index in [1.807, 2.05) is 25.7 Å². The van der Waals surface area contributed by atoms with E-state index in [0.717, 1.165) is 19.1 Å². The van der Waals surface area contributed by atoms with Crippen LogP contribution in [-0.2, 0) is 4.74 Å². The Labute approximate surface area is 109 Å². The predicted octanol–water partition coefficient (Wildman–Crippen LogP) is 1.95. The highest BCUT2D eigenvalue weighted by atomic mass is 16.6. The molecule has 0 unspecified atom stereocenters. The van der Waals surface area contributed by atoms with E-state index in [4.69, 9.17) is 4.74 Å². The molecule has 0 aromatic heterocycles. The number of fused-ring (bicyclic) bond motifs is 1. The van der Waals surface area contributed by atoms with Gasteiger partial charge in [0.25, 0.3) is 0 Å². The lowest BCUT2D eigenvalue weighted by atomic mass is 10.0. The van der Waals surface area contributed by atoms with Gasteiger partial charge in [-0.1, -0.05) is 0 Å². The van der Waals surface area contributed by atoms with Gasteiger partial charge in [-0.3, -0.25) is 4.90 Å². The number of ether oxygens (including phenoxy) is 1. The molecule has 1 amide bonds. The van der Waals surface area contributed by atoms with Crippen LogP contribution in [0.5, 0.6) is 0 Å². The van der Waals surface area contributed by atoms with Crippen LogP contribution in [0.3, 0.4) is 0 Å². The van der Waals surface area contributed by atoms with Crippen molar-refractivity contribution in [1.29, 1.82) is 0 Å². The van der Waals surface area contributed by atoms with E-state index in [2.05, 4.69) is 4.90 Å². The Balaban J connectivity index is 1.53. The first-order chi connectivity index (χ1) is 8.42. The molecule has 4 nitrogen and oxygen atoms in total. The van der Waals surface area contributed by atoms with Crippen LogP contribution >= 0.6 is 0 Å². The van der Waals surface area contributed by atoms with Gasteiger partial charge in [-0.25, -0.2) is 4.79 Å². The van der Waals surface area contributed by atoms with Crippen LogP contribution in [0.25, 0.3) is 0 Å². The van der Waals surface area contributed by atoms with E-state index in [1.165, 1.54) is 25.9 Å². The Hall–Kier alpha value is -0.770. The van der Waals surface area contributed by atoms with Crippen LogP contribution in [0.15, 0.2) is 0 Å². The van der Waals surface area contributed by atoms with Crippen molar-refractivity contribution in [1.82, 2.24) is 9.80 Å². The van der Waals surface area contributed by atoms with Gasteiger partial charge in [0.05, 0.1) is 0 Å². The van der Waals surface area contributed by atoms with Gasteiger partial charge in [-0.15, -0.1) is 0 Å². The smallest absolute Gasteiger partial charge is 0.410 e. The lowest BCUT2D eigenvalue weighted by Gasteiger charge is -2.26. The maximum absolute atomic E-state index is 12.0. The molecular weight excluding hydrogens is 228 g/mol. The second-order valence-corrected chi connectivity index (χ2v) is 7.09. The molecule has 0 bridgehead atoms. The highest BCUT2D eigenvalue weighted by molar-refractivity contribution is 5.68. The zero-order chi connectivity index (χ0) is 12.9. The molecule has 3 aliphatic rings. The van der Waals surface area contributed by atoms with Gasteiger partial charge in [0, 0.05) is 32.2 Å². The lowest BCUT2D eigenvalue weighted by Crippen LogP contribution is -2.37. The summed E-state index contributed by atoms with van der Waals surface area (Å²) in [7, 11) is 0. The van der Waals surface area contributed by atoms with E-state index < -0.39 is 0 Å². The summed E-state index contributed by atoms with van der Waals surface area (Å²) >= 11 is 0. The first-order valence-corrected chi connectivity index (χ1v) is 7.14. The fraction of sp³-hybridized carbons (Fsp3) is 0.929. The van der Waals surface area contributed by atoms with E-state index in [-0.39, 0.29) is 11.7 Å². The number of hydrogen-bond donors (Lipinski definition) is 0. The minimum Gasteiger partial charge on any atom is -0.444 e. The summed E-state index contributed by atoms with van der Waals surface area (Å²) < 4.78 is 5.45. The van der Waals surface area contributed by atoms with Crippen molar-refractivity contribution in [2.75, 3.05) is 26.2 Å². The third-order valence-electron chi connectivity index (χ3n) is 4.23. The Morgan fingerprint density at radius 2 is 1.61 bits per heavy atom. The van der Waals surface area contributed by atoms with E-state index in [9.17, 15) is 4.79 Å². The third-order valence-corrected chi connectivity index (χ3v) is 4.23. The normalized spacial score (nSPS) is 32.7. The zero-order valence-electron chi connectivity index (χ0n) is 11.7. The van der Waals surface area contributed by atoms with Crippen molar-refractivity contribution < 1.29 is 9.53 Å². The summed E-state index contributed by atoms with van der Waals surface area (Å²) in [4.78, 5) is 16.5. The molecule has 3 rings (SSSR count). The van der Waals surface area contributed by atoms with Crippen molar-refractivity contribution in [3.8, 4) is 0 Å². The van der Waals surface area contributed by atoms with Crippen LogP contribution < -0.4 is 0 Å². The van der Waals surface area contributed by atoms with Crippen LogP contribution in [0.2, 0.25) is 0 Å². The molecule has 2 heterocycles. The molecule has 0 aromatic rings. The highest BCUT2D eigenvalue weighted by Crippen LogP contribution is 2.38. The third kappa shape index (κ3) is 2.48. The molecule has 0 radical (unpaired) electrons. The first kappa shape index (κ1) is 12.3. The Bertz CT molecular complexity index is 332. The second kappa shape index (κ2) is 4.12. The first-order valence-electron chi connectivity index (χ1n) is 7.14. The number of amides is 1. The second-order valence-electron chi connectivity index (χ2n) is 7.09. The Kier molecular flexibility index (Phi) is 2.81. The average Bonchev–Trinajstić information content (AvgIpc) is 2.86. The minimum atomic E-state index is -0.380. The molecule has 1 aliphatic carbocycles. The molecule has 2 saturated heterocycles. The number of hydrogen-bond acceptors (Lipinski definition) is 3. The molecule has 2 atom stereocenters. The number of nitrogens with zero attached hydrogens (tertiary/aromatic N) is 2. The number of rotatable bonds is 1. The lowest BCUT2D eigenvalue weighted by molar-refractivity contribution is 0.0274. The van der Waals surface area contributed by atoms with Crippen LogP contribution in [-0.4, -0.2) is 53.7 Å². The van der Waals surface area contributed by atoms with Crippen LogP contribution in [0, 0.1) is 11.8 Å². The van der Waals surface area contributed by atoms with Gasteiger partial charge in [-0.2, -0.15) is 0 Å². The average molecular weight is 252 g/mol. The van der Waals surface area contributed by atoms with E-state index in [0.29, 0.717) is 11.8 Å². The van der Waals surface area contributed by atoms with Gasteiger partial charge < -0.3 is 9.64 Å². The van der Waals surface area contributed by atoms with Crippen molar-refractivity contribution >= 4 is 6.09 Å². The SMILES string of the molecule is CC(C)(C)OC(=O)N1C[C@H]2CN(C3CC3)C[C@@H]2C1. The number of likely N-dealkylation sites (tertiary alicyclic amines) is 2. The fourth-order valence-corrected chi connectivity index (χ4v) is 3.24. The van der Waals surface area contributed by atoms with E-state index >= 15 is 0 Å². The summed E-state index contributed by atoms with van der Waals surface area (Å²) in [6, 6.07) is 0.866. The molecule has 0 N–H and O–H groups in total. The van der Waals surface area contributed by atoms with Crippen LogP contribution in [0.1, 0.15) is 33.6 Å². The quantitative estimate of drug-likeness (QED) is 0.715. The Morgan fingerprint density at radius 3 is 2.06 bits per heavy atom. The minimum absolute atomic E-state index is 0.130. The molecular formula is C14H24N2O2. The molecule has 102 valence electrons. The number of carbonyl (C=O) groups excluding carboxylic acids is 1. The maximum atomic E-state index is 12.0. The topological polar surface area (TPSA) is 32.8 Å². The van der Waals surface area contributed by atoms with Gasteiger partial charge in [0.15, 0.2) is 0 Å². The Morgan fingerprint density at radius 1 is 1.06 bits per heavy atom. The van der Waals surface area contributed by atoms with Gasteiger partial charge in [-0.05, 0) is 45.4 Å². The maximum Gasteiger partial charge on any atom is 0.410 e. The zero-order valence-corrected chi connectivity index (χ0v) is 11.7. The number of carbonyl (C=O) groups is 1. The van der Waals surface area contributed by atoms with Crippen molar-refractivity contribution in [3.63, 3.8) is 0 Å². The van der Waals surface area contributed by atoms with Crippen molar-refractivity contribution in [3.05, 3.63) is 0 Å². The largest absolute Gasteiger partial charge is 0.444 e. The molecule has 0 aromatic carbocycles. The standard InChI is InChI=1S/C14H24N2O2/c1-14(2,3)18-13(17)16-8-10-6-15(12-4-5-12)7-11(10)9-16/h10-12H,4-9H2,1-3H3/t10-,11-/m1/s1. The van der Waals surface area contributed by atoms with Crippen LogP contribution in [0.4, 0.5) is 4.79 Å². The summed E-state index contributed by atoms with van der Waals surface area (Å²) in [6.07, 6.45) is 2.64. The molecule has 4 heteroatoms. The molecule has 2 aliphatic heterocycles. The van der Waals surface area contributed by atoms with E-state index in [1.54, 1.807) is 0 Å². The summed E-state index contributed by atoms with van der Waals surface area (Å²) in [5.74, 6) is 1.36. The fourth-order valence-electron chi connectivity index (χ4n) is 3.24. The van der Waals surface area contributed by atoms with Gasteiger partial charge >= 0.3 is 6.09 Å². The summed E-state index contributed by atoms with van der Waals surface area (Å²) in [5.41, 5.74) is -0.380. The highest BCUT2D eigenvalue weighted by Gasteiger charge is 2.45. The molecule has 3 fully saturated rings. The summed E-state index contributed by atoms with van der Waals surface area (Å²) in [6.45, 7) is 9.94. The van der Waals surface area contributed by atoms with Crippen molar-refractivity contribution in [2.45, 2.75) is 45.3 Å². The molecule has 0 spiro atoms. The van der Waals surface area contributed by atoms with Crippen molar-refractivity contribution in [2.24, 2.45) is 11.8 Å². The van der Waals surface area contributed by atoms with Gasteiger partial charge in [0.1, 0.15) is 5.60 Å². The molecule has 1 saturated carbocycles. The summed E-state index contributed by atoms with van der Waals surface area (Å²) in [5, 5.41) is 0.